The molecular weight excluding hydrogens is 460 g/mol. The quantitative estimate of drug-likeness (QED) is 0.149. The van der Waals surface area contributed by atoms with Crippen LogP contribution < -0.4 is 14.8 Å². The van der Waals surface area contributed by atoms with E-state index in [-0.39, 0.29) is 30.4 Å². The molecule has 8 heteroatoms. The summed E-state index contributed by atoms with van der Waals surface area (Å²) in [6.07, 6.45) is 0.230. The number of hydrogen-bond acceptors (Lipinski definition) is 6. The highest BCUT2D eigenvalue weighted by Crippen LogP contribution is 2.37. The van der Waals surface area contributed by atoms with Gasteiger partial charge in [0.15, 0.2) is 6.61 Å². The Morgan fingerprint density at radius 2 is 1.61 bits per heavy atom. The maximum absolute atomic E-state index is 12.7. The first kappa shape index (κ1) is 24.4. The topological polar surface area (TPSA) is 108 Å². The molecule has 4 rings (SSSR count). The van der Waals surface area contributed by atoms with Crippen LogP contribution in [0.15, 0.2) is 91.0 Å². The van der Waals surface area contributed by atoms with E-state index < -0.39 is 16.9 Å². The second-order valence-electron chi connectivity index (χ2n) is 7.98. The summed E-state index contributed by atoms with van der Waals surface area (Å²) >= 11 is 0. The number of hydrogen-bond donors (Lipinski definition) is 1. The molecule has 0 fully saturated rings. The minimum atomic E-state index is -0.720. The number of para-hydroxylation sites is 1. The standard InChI is InChI=1S/C28H24N2O6/c1-2-25(31)29-28(20-12-15-21(16-13-20)30(33)34)27-23-11-7-6-8-19(23)14-17-24(27)36-26(32)18-35-22-9-4-3-5-10-22/h3-17,28H,2,18H2,1H3,(H,29,31)/t28-/m0/s1. The van der Waals surface area contributed by atoms with E-state index in [9.17, 15) is 19.7 Å². The highest BCUT2D eigenvalue weighted by atomic mass is 16.6. The molecule has 0 radical (unpaired) electrons. The van der Waals surface area contributed by atoms with Gasteiger partial charge in [-0.25, -0.2) is 4.79 Å². The molecule has 1 amide bonds. The zero-order chi connectivity index (χ0) is 25.5. The molecule has 36 heavy (non-hydrogen) atoms. The van der Waals surface area contributed by atoms with Gasteiger partial charge in [-0.15, -0.1) is 0 Å². The van der Waals surface area contributed by atoms with E-state index in [2.05, 4.69) is 5.32 Å². The van der Waals surface area contributed by atoms with Crippen LogP contribution >= 0.6 is 0 Å². The third-order valence-corrected chi connectivity index (χ3v) is 5.61. The summed E-state index contributed by atoms with van der Waals surface area (Å²) < 4.78 is 11.3. The van der Waals surface area contributed by atoms with Crippen molar-refractivity contribution < 1.29 is 24.0 Å². The predicted molar refractivity (Wildman–Crippen MR) is 135 cm³/mol. The van der Waals surface area contributed by atoms with E-state index in [0.29, 0.717) is 16.9 Å². The van der Waals surface area contributed by atoms with Gasteiger partial charge in [0.25, 0.3) is 5.69 Å². The summed E-state index contributed by atoms with van der Waals surface area (Å²) in [7, 11) is 0. The Balaban J connectivity index is 1.74. The second kappa shape index (κ2) is 11.1. The molecule has 0 aliphatic carbocycles. The molecule has 0 bridgehead atoms. The number of nitro groups is 1. The van der Waals surface area contributed by atoms with Crippen molar-refractivity contribution in [1.29, 1.82) is 0 Å². The number of nitrogens with zero attached hydrogens (tertiary/aromatic N) is 1. The molecule has 4 aromatic carbocycles. The smallest absolute Gasteiger partial charge is 0.349 e. The summed E-state index contributed by atoms with van der Waals surface area (Å²) in [6, 6.07) is 25.2. The molecule has 182 valence electrons. The Kier molecular flexibility index (Phi) is 7.55. The van der Waals surface area contributed by atoms with Crippen LogP contribution in [0.3, 0.4) is 0 Å². The van der Waals surface area contributed by atoms with Crippen LogP contribution in [0.25, 0.3) is 10.8 Å². The van der Waals surface area contributed by atoms with Crippen molar-refractivity contribution in [2.45, 2.75) is 19.4 Å². The summed E-state index contributed by atoms with van der Waals surface area (Å²) in [4.78, 5) is 35.9. The first-order valence-corrected chi connectivity index (χ1v) is 11.4. The lowest BCUT2D eigenvalue weighted by Crippen LogP contribution is -2.29. The average molecular weight is 485 g/mol. The summed E-state index contributed by atoms with van der Waals surface area (Å²) in [5, 5.41) is 15.8. The largest absolute Gasteiger partial charge is 0.482 e. The number of ether oxygens (including phenoxy) is 2. The first-order chi connectivity index (χ1) is 17.5. The lowest BCUT2D eigenvalue weighted by molar-refractivity contribution is -0.384. The van der Waals surface area contributed by atoms with Crippen molar-refractivity contribution in [3.8, 4) is 11.5 Å². The number of esters is 1. The van der Waals surface area contributed by atoms with E-state index in [1.165, 1.54) is 12.1 Å². The van der Waals surface area contributed by atoms with Gasteiger partial charge in [0, 0.05) is 24.1 Å². The third-order valence-electron chi connectivity index (χ3n) is 5.61. The summed E-state index contributed by atoms with van der Waals surface area (Å²) in [5.74, 6) is -0.0436. The fourth-order valence-corrected chi connectivity index (χ4v) is 3.85. The first-order valence-electron chi connectivity index (χ1n) is 11.4. The van der Waals surface area contributed by atoms with Crippen LogP contribution in [0.5, 0.6) is 11.5 Å². The average Bonchev–Trinajstić information content (AvgIpc) is 2.91. The zero-order valence-electron chi connectivity index (χ0n) is 19.5. The molecule has 0 aromatic heterocycles. The number of non-ortho nitro benzene ring substituents is 1. The molecule has 1 N–H and O–H groups in total. The number of rotatable bonds is 9. The molecule has 0 unspecified atom stereocenters. The van der Waals surface area contributed by atoms with Gasteiger partial charge >= 0.3 is 5.97 Å². The van der Waals surface area contributed by atoms with Crippen molar-refractivity contribution in [1.82, 2.24) is 5.32 Å². The molecule has 0 saturated heterocycles. The fourth-order valence-electron chi connectivity index (χ4n) is 3.85. The van der Waals surface area contributed by atoms with Gasteiger partial charge in [-0.05, 0) is 46.7 Å². The normalized spacial score (nSPS) is 11.5. The highest BCUT2D eigenvalue weighted by Gasteiger charge is 2.25. The summed E-state index contributed by atoms with van der Waals surface area (Å²) in [5.41, 5.74) is 1.11. The minimum Gasteiger partial charge on any atom is -0.482 e. The van der Waals surface area contributed by atoms with Gasteiger partial charge in [-0.1, -0.05) is 55.5 Å². The highest BCUT2D eigenvalue weighted by molar-refractivity contribution is 5.90. The van der Waals surface area contributed by atoms with Crippen molar-refractivity contribution in [3.05, 3.63) is 112 Å². The number of carbonyl (C=O) groups excluding carboxylic acids is 2. The third kappa shape index (κ3) is 5.67. The lowest BCUT2D eigenvalue weighted by atomic mass is 9.92. The number of fused-ring (bicyclic) bond motifs is 1. The number of carbonyl (C=O) groups is 2. The number of nitro benzene ring substituents is 1. The molecule has 0 aliphatic heterocycles. The van der Waals surface area contributed by atoms with Crippen molar-refractivity contribution in [3.63, 3.8) is 0 Å². The molecule has 4 aromatic rings. The van der Waals surface area contributed by atoms with E-state index in [0.717, 1.165) is 10.8 Å². The maximum Gasteiger partial charge on any atom is 0.349 e. The molecule has 0 saturated carbocycles. The predicted octanol–water partition coefficient (Wildman–Crippen LogP) is 5.35. The Morgan fingerprint density at radius 1 is 0.917 bits per heavy atom. The Labute approximate surface area is 207 Å². The van der Waals surface area contributed by atoms with Gasteiger partial charge in [0.05, 0.1) is 11.0 Å². The minimum absolute atomic E-state index is 0.0676. The second-order valence-corrected chi connectivity index (χ2v) is 7.98. The molecule has 1 atom stereocenters. The molecule has 0 aliphatic rings. The van der Waals surface area contributed by atoms with Crippen LogP contribution in [0.1, 0.15) is 30.5 Å². The van der Waals surface area contributed by atoms with E-state index in [1.54, 1.807) is 49.4 Å². The Hall–Kier alpha value is -4.72. The number of amides is 1. The van der Waals surface area contributed by atoms with Crippen molar-refractivity contribution >= 4 is 28.3 Å². The summed E-state index contributed by atoms with van der Waals surface area (Å²) in [6.45, 7) is 1.42. The number of benzene rings is 4. The van der Waals surface area contributed by atoms with Gasteiger partial charge in [0.2, 0.25) is 5.91 Å². The van der Waals surface area contributed by atoms with Crippen molar-refractivity contribution in [2.75, 3.05) is 6.61 Å². The number of nitrogens with one attached hydrogen (secondary N) is 1. The zero-order valence-corrected chi connectivity index (χ0v) is 19.5. The molecule has 8 nitrogen and oxygen atoms in total. The van der Waals surface area contributed by atoms with Crippen LogP contribution in [0.2, 0.25) is 0 Å². The van der Waals surface area contributed by atoms with Crippen LogP contribution in [0, 0.1) is 10.1 Å². The molecule has 0 spiro atoms. The van der Waals surface area contributed by atoms with Crippen LogP contribution in [-0.2, 0) is 9.59 Å². The van der Waals surface area contributed by atoms with Crippen LogP contribution in [-0.4, -0.2) is 23.4 Å². The van der Waals surface area contributed by atoms with Gasteiger partial charge in [0.1, 0.15) is 11.5 Å². The van der Waals surface area contributed by atoms with Crippen molar-refractivity contribution in [2.24, 2.45) is 0 Å². The Bertz CT molecular complexity index is 1390. The lowest BCUT2D eigenvalue weighted by Gasteiger charge is -2.24. The monoisotopic (exact) mass is 484 g/mol. The van der Waals surface area contributed by atoms with Gasteiger partial charge in [-0.3, -0.25) is 14.9 Å². The molecule has 0 heterocycles. The SMILES string of the molecule is CCC(=O)N[C@@H](c1ccc([N+](=O)[O-])cc1)c1c(OC(=O)COc2ccccc2)ccc2ccccc12. The van der Waals surface area contributed by atoms with E-state index in [4.69, 9.17) is 9.47 Å². The van der Waals surface area contributed by atoms with E-state index in [1.807, 2.05) is 36.4 Å². The maximum atomic E-state index is 12.7. The molecular formula is C28H24N2O6. The Morgan fingerprint density at radius 3 is 2.31 bits per heavy atom. The van der Waals surface area contributed by atoms with Crippen LogP contribution in [0.4, 0.5) is 5.69 Å². The van der Waals surface area contributed by atoms with Gasteiger partial charge in [-0.2, -0.15) is 0 Å². The van der Waals surface area contributed by atoms with Gasteiger partial charge < -0.3 is 14.8 Å². The van der Waals surface area contributed by atoms with E-state index >= 15 is 0 Å². The fraction of sp³-hybridized carbons (Fsp3) is 0.143.